The molecule has 0 amide bonds. The van der Waals surface area contributed by atoms with Gasteiger partial charge in [0.05, 0.1) is 0 Å². The molecule has 2 heteroatoms. The second-order valence-electron chi connectivity index (χ2n) is 6.98. The Bertz CT molecular complexity index is 249. The lowest BCUT2D eigenvalue weighted by molar-refractivity contribution is 0.138. The van der Waals surface area contributed by atoms with Gasteiger partial charge in [0.1, 0.15) is 0 Å². The number of nitrogens with one attached hydrogen (secondary N) is 1. The lowest BCUT2D eigenvalue weighted by Crippen LogP contribution is -2.49. The molecule has 1 aliphatic carbocycles. The Morgan fingerprint density at radius 1 is 1.35 bits per heavy atom. The zero-order valence-electron chi connectivity index (χ0n) is 12.1. The molecule has 0 aromatic rings. The summed E-state index contributed by atoms with van der Waals surface area (Å²) >= 11 is 0. The molecule has 100 valence electrons. The first-order valence-corrected chi connectivity index (χ1v) is 7.48. The van der Waals surface area contributed by atoms with E-state index in [1.54, 1.807) is 0 Å². The highest BCUT2D eigenvalue weighted by molar-refractivity contribution is 4.97. The van der Waals surface area contributed by atoms with Crippen LogP contribution >= 0.6 is 0 Å². The van der Waals surface area contributed by atoms with Gasteiger partial charge in [0.2, 0.25) is 0 Å². The summed E-state index contributed by atoms with van der Waals surface area (Å²) in [5.41, 5.74) is 0.639. The summed E-state index contributed by atoms with van der Waals surface area (Å²) in [5, 5.41) is 3.70. The third kappa shape index (κ3) is 3.45. The van der Waals surface area contributed by atoms with Crippen molar-refractivity contribution < 1.29 is 0 Å². The molecule has 17 heavy (non-hydrogen) atoms. The van der Waals surface area contributed by atoms with Crippen molar-refractivity contribution in [2.45, 2.75) is 53.0 Å². The third-order valence-corrected chi connectivity index (χ3v) is 4.84. The number of rotatable bonds is 5. The monoisotopic (exact) mass is 238 g/mol. The molecule has 0 radical (unpaired) electrons. The summed E-state index contributed by atoms with van der Waals surface area (Å²) in [7, 11) is 0. The topological polar surface area (TPSA) is 15.3 Å². The number of hydrogen-bond acceptors (Lipinski definition) is 2. The molecule has 0 aromatic heterocycles. The van der Waals surface area contributed by atoms with E-state index < -0.39 is 0 Å². The number of hydrogen-bond donors (Lipinski definition) is 1. The maximum absolute atomic E-state index is 3.70. The predicted octanol–water partition coefficient (Wildman–Crippen LogP) is 2.74. The molecule has 3 unspecified atom stereocenters. The van der Waals surface area contributed by atoms with E-state index in [4.69, 9.17) is 0 Å². The summed E-state index contributed by atoms with van der Waals surface area (Å²) in [4.78, 5) is 2.70. The molecule has 1 aliphatic heterocycles. The van der Waals surface area contributed by atoms with Gasteiger partial charge in [0.15, 0.2) is 0 Å². The van der Waals surface area contributed by atoms with Crippen molar-refractivity contribution in [1.29, 1.82) is 0 Å². The maximum Gasteiger partial charge on any atom is 0.0117 e. The largest absolute Gasteiger partial charge is 0.314 e. The average Bonchev–Trinajstić information content (AvgIpc) is 2.85. The first-order valence-electron chi connectivity index (χ1n) is 7.48. The van der Waals surface area contributed by atoms with E-state index in [0.717, 1.165) is 17.9 Å². The molecule has 0 aromatic carbocycles. The smallest absolute Gasteiger partial charge is 0.0117 e. The van der Waals surface area contributed by atoms with E-state index in [2.05, 4.69) is 37.9 Å². The summed E-state index contributed by atoms with van der Waals surface area (Å²) in [5.74, 6) is 1.78. The molecule has 0 spiro atoms. The van der Waals surface area contributed by atoms with Gasteiger partial charge in [-0.1, -0.05) is 27.7 Å². The minimum absolute atomic E-state index is 0.639. The minimum atomic E-state index is 0.639. The summed E-state index contributed by atoms with van der Waals surface area (Å²) < 4.78 is 0. The standard InChI is InChI=1S/C15H30N2/c1-5-7-16-14-6-8-17(10-12(14)2)11-13-9-15(13,3)4/h12-14,16H,5-11H2,1-4H3. The molecule has 2 aliphatic rings. The molecular weight excluding hydrogens is 208 g/mol. The second kappa shape index (κ2) is 5.27. The van der Waals surface area contributed by atoms with Crippen LogP contribution in [0.25, 0.3) is 0 Å². The van der Waals surface area contributed by atoms with Crippen molar-refractivity contribution in [2.24, 2.45) is 17.3 Å². The van der Waals surface area contributed by atoms with Gasteiger partial charge in [-0.3, -0.25) is 0 Å². The van der Waals surface area contributed by atoms with Gasteiger partial charge in [0.25, 0.3) is 0 Å². The van der Waals surface area contributed by atoms with E-state index in [1.165, 1.54) is 45.4 Å². The van der Waals surface area contributed by atoms with Gasteiger partial charge in [-0.25, -0.2) is 0 Å². The molecule has 1 N–H and O–H groups in total. The quantitative estimate of drug-likeness (QED) is 0.792. The van der Waals surface area contributed by atoms with Crippen LogP contribution in [-0.4, -0.2) is 37.1 Å². The number of piperidine rings is 1. The molecule has 3 atom stereocenters. The fourth-order valence-electron chi connectivity index (χ4n) is 3.23. The van der Waals surface area contributed by atoms with Gasteiger partial charge in [-0.15, -0.1) is 0 Å². The highest BCUT2D eigenvalue weighted by Gasteiger charge is 2.46. The Hall–Kier alpha value is -0.0800. The fourth-order valence-corrected chi connectivity index (χ4v) is 3.23. The zero-order valence-corrected chi connectivity index (χ0v) is 12.1. The molecular formula is C15H30N2. The lowest BCUT2D eigenvalue weighted by Gasteiger charge is -2.37. The van der Waals surface area contributed by atoms with Crippen molar-refractivity contribution in [1.82, 2.24) is 10.2 Å². The van der Waals surface area contributed by atoms with Crippen LogP contribution in [0.4, 0.5) is 0 Å². The first kappa shape index (κ1) is 13.4. The Labute approximate surface area is 107 Å². The highest BCUT2D eigenvalue weighted by atomic mass is 15.2. The van der Waals surface area contributed by atoms with Gasteiger partial charge >= 0.3 is 0 Å². The molecule has 2 fully saturated rings. The van der Waals surface area contributed by atoms with Crippen molar-refractivity contribution in [2.75, 3.05) is 26.2 Å². The molecule has 1 heterocycles. The van der Waals surface area contributed by atoms with E-state index in [1.807, 2.05) is 0 Å². The van der Waals surface area contributed by atoms with Crippen LogP contribution in [0.2, 0.25) is 0 Å². The van der Waals surface area contributed by atoms with Gasteiger partial charge in [-0.2, -0.15) is 0 Å². The lowest BCUT2D eigenvalue weighted by atomic mass is 9.93. The molecule has 0 bridgehead atoms. The van der Waals surface area contributed by atoms with Gasteiger partial charge in [0, 0.05) is 19.1 Å². The first-order chi connectivity index (χ1) is 8.03. The zero-order chi connectivity index (χ0) is 12.5. The van der Waals surface area contributed by atoms with E-state index in [0.29, 0.717) is 5.41 Å². The van der Waals surface area contributed by atoms with Crippen LogP contribution in [0.5, 0.6) is 0 Å². The maximum atomic E-state index is 3.70. The van der Waals surface area contributed by atoms with Crippen molar-refractivity contribution in [3.63, 3.8) is 0 Å². The third-order valence-electron chi connectivity index (χ3n) is 4.84. The van der Waals surface area contributed by atoms with Crippen LogP contribution in [0, 0.1) is 17.3 Å². The summed E-state index contributed by atoms with van der Waals surface area (Å²) in [6, 6.07) is 0.762. The van der Waals surface area contributed by atoms with Crippen LogP contribution in [0.1, 0.15) is 47.0 Å². The van der Waals surface area contributed by atoms with Crippen LogP contribution in [0.15, 0.2) is 0 Å². The summed E-state index contributed by atoms with van der Waals surface area (Å²) in [6.45, 7) is 14.6. The Morgan fingerprint density at radius 2 is 2.06 bits per heavy atom. The van der Waals surface area contributed by atoms with Crippen LogP contribution in [0.3, 0.4) is 0 Å². The van der Waals surface area contributed by atoms with Crippen LogP contribution in [-0.2, 0) is 0 Å². The van der Waals surface area contributed by atoms with E-state index in [9.17, 15) is 0 Å². The van der Waals surface area contributed by atoms with Gasteiger partial charge < -0.3 is 10.2 Å². The fraction of sp³-hybridized carbons (Fsp3) is 1.00. The second-order valence-corrected chi connectivity index (χ2v) is 6.98. The molecule has 2 rings (SSSR count). The van der Waals surface area contributed by atoms with Crippen molar-refractivity contribution >= 4 is 0 Å². The van der Waals surface area contributed by atoms with E-state index in [-0.39, 0.29) is 0 Å². The van der Waals surface area contributed by atoms with Crippen LogP contribution < -0.4 is 5.32 Å². The Balaban J connectivity index is 1.71. The van der Waals surface area contributed by atoms with Crippen molar-refractivity contribution in [3.8, 4) is 0 Å². The summed E-state index contributed by atoms with van der Waals surface area (Å²) in [6.07, 6.45) is 4.03. The average molecular weight is 238 g/mol. The number of likely N-dealkylation sites (tertiary alicyclic amines) is 1. The molecule has 2 nitrogen and oxygen atoms in total. The van der Waals surface area contributed by atoms with Crippen molar-refractivity contribution in [3.05, 3.63) is 0 Å². The Morgan fingerprint density at radius 3 is 2.59 bits per heavy atom. The highest BCUT2D eigenvalue weighted by Crippen LogP contribution is 2.52. The number of nitrogens with zero attached hydrogens (tertiary/aromatic N) is 1. The van der Waals surface area contributed by atoms with Gasteiger partial charge in [-0.05, 0) is 49.6 Å². The molecule has 1 saturated heterocycles. The SMILES string of the molecule is CCCNC1CCN(CC2CC2(C)C)CC1C. The van der Waals surface area contributed by atoms with E-state index >= 15 is 0 Å². The minimum Gasteiger partial charge on any atom is -0.314 e. The Kier molecular flexibility index (Phi) is 4.14. The normalized spacial score (nSPS) is 37.1. The predicted molar refractivity (Wildman–Crippen MR) is 74.2 cm³/mol. The molecule has 1 saturated carbocycles.